The molecule has 2 N–H and O–H groups in total. The molecule has 0 atom stereocenters. The summed E-state index contributed by atoms with van der Waals surface area (Å²) in [4.78, 5) is 24.1. The summed E-state index contributed by atoms with van der Waals surface area (Å²) in [5.74, 6) is -2.42. The second-order valence-electron chi connectivity index (χ2n) is 6.97. The van der Waals surface area contributed by atoms with Crippen molar-refractivity contribution >= 4 is 17.5 Å². The first-order valence-corrected chi connectivity index (χ1v) is 9.91. The van der Waals surface area contributed by atoms with Crippen LogP contribution in [0.25, 0.3) is 0 Å². The third-order valence-corrected chi connectivity index (χ3v) is 4.48. The largest absolute Gasteiger partial charge is 0.489 e. The van der Waals surface area contributed by atoms with Gasteiger partial charge < -0.3 is 15.4 Å². The molecule has 0 radical (unpaired) electrons. The average molecular weight is 442 g/mol. The van der Waals surface area contributed by atoms with Crippen molar-refractivity contribution < 1.29 is 27.5 Å². The number of ether oxygens (including phenoxy) is 1. The minimum atomic E-state index is -0.943. The zero-order valence-corrected chi connectivity index (χ0v) is 17.0. The molecule has 0 aliphatic rings. The van der Waals surface area contributed by atoms with Crippen molar-refractivity contribution in [2.24, 2.45) is 0 Å². The van der Waals surface area contributed by atoms with E-state index in [0.717, 1.165) is 17.7 Å². The van der Waals surface area contributed by atoms with Gasteiger partial charge in [-0.3, -0.25) is 9.59 Å². The van der Waals surface area contributed by atoms with E-state index in [2.05, 4.69) is 10.6 Å². The predicted molar refractivity (Wildman–Crippen MR) is 114 cm³/mol. The van der Waals surface area contributed by atoms with Crippen LogP contribution in [0.1, 0.15) is 28.8 Å². The molecule has 0 unspecified atom stereocenters. The number of halogens is 3. The molecular weight excluding hydrogens is 421 g/mol. The van der Waals surface area contributed by atoms with Crippen LogP contribution in [0, 0.1) is 17.5 Å². The summed E-state index contributed by atoms with van der Waals surface area (Å²) >= 11 is 0. The zero-order chi connectivity index (χ0) is 22.9. The molecule has 0 saturated heterocycles. The summed E-state index contributed by atoms with van der Waals surface area (Å²) < 4.78 is 45.1. The van der Waals surface area contributed by atoms with Gasteiger partial charge in [-0.15, -0.1) is 0 Å². The van der Waals surface area contributed by atoms with Crippen LogP contribution in [0.3, 0.4) is 0 Å². The lowest BCUT2D eigenvalue weighted by Crippen LogP contribution is -2.26. The summed E-state index contributed by atoms with van der Waals surface area (Å²) in [5.41, 5.74) is 1.10. The number of amides is 2. The number of anilines is 1. The summed E-state index contributed by atoms with van der Waals surface area (Å²) in [6, 6.07) is 15.5. The first-order valence-electron chi connectivity index (χ1n) is 9.91. The fourth-order valence-corrected chi connectivity index (χ4v) is 2.85. The van der Waals surface area contributed by atoms with Crippen molar-refractivity contribution in [2.75, 3.05) is 11.9 Å². The van der Waals surface area contributed by atoms with E-state index >= 15 is 0 Å². The Labute approximate surface area is 183 Å². The molecule has 0 bridgehead atoms. The van der Waals surface area contributed by atoms with Gasteiger partial charge in [0.2, 0.25) is 5.91 Å². The molecule has 2 amide bonds. The number of carbonyl (C=O) groups is 2. The first-order chi connectivity index (χ1) is 15.4. The van der Waals surface area contributed by atoms with Crippen LogP contribution in [-0.4, -0.2) is 18.4 Å². The highest BCUT2D eigenvalue weighted by atomic mass is 19.1. The third kappa shape index (κ3) is 6.87. The molecule has 0 saturated carbocycles. The maximum atomic E-state index is 13.6. The van der Waals surface area contributed by atoms with E-state index in [1.807, 2.05) is 0 Å². The molecule has 0 aromatic heterocycles. The molecule has 3 aromatic carbocycles. The monoisotopic (exact) mass is 442 g/mol. The van der Waals surface area contributed by atoms with Gasteiger partial charge in [-0.05, 0) is 48.4 Å². The summed E-state index contributed by atoms with van der Waals surface area (Å²) in [5, 5.41) is 5.24. The minimum absolute atomic E-state index is 0.132. The lowest BCUT2D eigenvalue weighted by atomic mass is 10.2. The van der Waals surface area contributed by atoms with Crippen LogP contribution in [0.4, 0.5) is 18.9 Å². The minimum Gasteiger partial charge on any atom is -0.489 e. The first kappa shape index (κ1) is 22.9. The van der Waals surface area contributed by atoms with Crippen LogP contribution in [0.15, 0.2) is 66.7 Å². The molecule has 0 heterocycles. The van der Waals surface area contributed by atoms with Crippen molar-refractivity contribution in [3.05, 3.63) is 95.3 Å². The van der Waals surface area contributed by atoms with Gasteiger partial charge in [0, 0.05) is 30.8 Å². The molecule has 166 valence electrons. The van der Waals surface area contributed by atoms with Gasteiger partial charge in [0.15, 0.2) is 0 Å². The van der Waals surface area contributed by atoms with Gasteiger partial charge in [0.05, 0.1) is 5.56 Å². The predicted octanol–water partition coefficient (Wildman–Crippen LogP) is 4.83. The van der Waals surface area contributed by atoms with Gasteiger partial charge in [0.1, 0.15) is 29.8 Å². The molecule has 0 spiro atoms. The van der Waals surface area contributed by atoms with E-state index in [4.69, 9.17) is 4.74 Å². The molecule has 3 aromatic rings. The van der Waals surface area contributed by atoms with Crippen molar-refractivity contribution in [3.63, 3.8) is 0 Å². The van der Waals surface area contributed by atoms with E-state index in [9.17, 15) is 22.8 Å². The Morgan fingerprint density at radius 1 is 0.875 bits per heavy atom. The molecular formula is C24H21F3N2O3. The maximum absolute atomic E-state index is 13.6. The Morgan fingerprint density at radius 2 is 1.62 bits per heavy atom. The molecule has 0 fully saturated rings. The van der Waals surface area contributed by atoms with Gasteiger partial charge in [0.25, 0.3) is 5.91 Å². The van der Waals surface area contributed by atoms with Crippen molar-refractivity contribution in [1.29, 1.82) is 0 Å². The smallest absolute Gasteiger partial charge is 0.254 e. The Kier molecular flexibility index (Phi) is 7.85. The Balaban J connectivity index is 1.41. The Hall–Kier alpha value is -3.81. The quantitative estimate of drug-likeness (QED) is 0.467. The standard InChI is InChI=1S/C24H21F3N2O3/c25-17-8-6-16(7-9-17)15-32-20-4-1-3-19(14-20)29-23(30)5-2-12-28-24(31)21-11-10-18(26)13-22(21)27/h1,3-4,6-11,13-14H,2,5,12,15H2,(H,28,31)(H,29,30). The number of rotatable bonds is 9. The van der Waals surface area contributed by atoms with Gasteiger partial charge in [-0.2, -0.15) is 0 Å². The summed E-state index contributed by atoms with van der Waals surface area (Å²) in [6.07, 6.45) is 0.466. The highest BCUT2D eigenvalue weighted by Crippen LogP contribution is 2.19. The number of carbonyl (C=O) groups excluding carboxylic acids is 2. The fourth-order valence-electron chi connectivity index (χ4n) is 2.85. The van der Waals surface area contributed by atoms with E-state index in [0.29, 0.717) is 23.9 Å². The molecule has 0 aliphatic carbocycles. The molecule has 5 nitrogen and oxygen atoms in total. The van der Waals surface area contributed by atoms with Gasteiger partial charge in [-0.25, -0.2) is 13.2 Å². The van der Waals surface area contributed by atoms with Crippen molar-refractivity contribution in [3.8, 4) is 5.75 Å². The maximum Gasteiger partial charge on any atom is 0.254 e. The highest BCUT2D eigenvalue weighted by molar-refractivity contribution is 5.94. The lowest BCUT2D eigenvalue weighted by molar-refractivity contribution is -0.116. The molecule has 3 rings (SSSR count). The zero-order valence-electron chi connectivity index (χ0n) is 17.0. The number of nitrogens with one attached hydrogen (secondary N) is 2. The summed E-state index contributed by atoms with van der Waals surface area (Å²) in [6.45, 7) is 0.413. The molecule has 8 heteroatoms. The van der Waals surface area contributed by atoms with E-state index in [1.165, 1.54) is 12.1 Å². The fraction of sp³-hybridized carbons (Fsp3) is 0.167. The lowest BCUT2D eigenvalue weighted by Gasteiger charge is -2.10. The van der Waals surface area contributed by atoms with E-state index < -0.39 is 17.5 Å². The van der Waals surface area contributed by atoms with Crippen LogP contribution in [0.2, 0.25) is 0 Å². The second kappa shape index (κ2) is 11.0. The van der Waals surface area contributed by atoms with Crippen LogP contribution >= 0.6 is 0 Å². The molecule has 32 heavy (non-hydrogen) atoms. The summed E-state index contributed by atoms with van der Waals surface area (Å²) in [7, 11) is 0. The van der Waals surface area contributed by atoms with E-state index in [-0.39, 0.29) is 36.9 Å². The normalized spacial score (nSPS) is 10.5. The SMILES string of the molecule is O=C(CCCNC(=O)c1ccc(F)cc1F)Nc1cccc(OCc2ccc(F)cc2)c1. The topological polar surface area (TPSA) is 67.4 Å². The average Bonchev–Trinajstić information content (AvgIpc) is 2.76. The van der Waals surface area contributed by atoms with Crippen molar-refractivity contribution in [1.82, 2.24) is 5.32 Å². The van der Waals surface area contributed by atoms with Gasteiger partial charge in [-0.1, -0.05) is 18.2 Å². The van der Waals surface area contributed by atoms with Gasteiger partial charge >= 0.3 is 0 Å². The number of benzene rings is 3. The van der Waals surface area contributed by atoms with Crippen LogP contribution in [0.5, 0.6) is 5.75 Å². The third-order valence-electron chi connectivity index (χ3n) is 4.48. The van der Waals surface area contributed by atoms with E-state index in [1.54, 1.807) is 36.4 Å². The number of hydrogen-bond acceptors (Lipinski definition) is 3. The Morgan fingerprint density at radius 3 is 2.38 bits per heavy atom. The van der Waals surface area contributed by atoms with Crippen LogP contribution < -0.4 is 15.4 Å². The van der Waals surface area contributed by atoms with Crippen LogP contribution in [-0.2, 0) is 11.4 Å². The highest BCUT2D eigenvalue weighted by Gasteiger charge is 2.12. The second-order valence-corrected chi connectivity index (χ2v) is 6.97. The number of hydrogen-bond donors (Lipinski definition) is 2. The Bertz CT molecular complexity index is 1090. The molecule has 0 aliphatic heterocycles. The van der Waals surface area contributed by atoms with Crippen molar-refractivity contribution in [2.45, 2.75) is 19.4 Å².